The smallest absolute Gasteiger partial charge is 0.352 e. The lowest BCUT2D eigenvalue weighted by molar-refractivity contribution is -0.137. The third-order valence-corrected chi connectivity index (χ3v) is 5.89. The molecule has 0 bridgehead atoms. The van der Waals surface area contributed by atoms with Crippen LogP contribution in [0.15, 0.2) is 53.7 Å². The number of nitrogens with zero attached hydrogens (tertiary/aromatic N) is 2. The molecule has 152 valence electrons. The molecular weight excluding hydrogens is 399 g/mol. The average molecular weight is 419 g/mol. The highest BCUT2D eigenvalue weighted by atomic mass is 32.2. The molecule has 1 aromatic heterocycles. The van der Waals surface area contributed by atoms with Crippen molar-refractivity contribution in [2.24, 2.45) is 0 Å². The van der Waals surface area contributed by atoms with Gasteiger partial charge in [0.05, 0.1) is 28.4 Å². The largest absolute Gasteiger partial charge is 0.416 e. The molecule has 1 aliphatic carbocycles. The quantitative estimate of drug-likeness (QED) is 0.581. The van der Waals surface area contributed by atoms with Gasteiger partial charge >= 0.3 is 6.18 Å². The van der Waals surface area contributed by atoms with Crippen LogP contribution in [0.1, 0.15) is 30.9 Å². The van der Waals surface area contributed by atoms with Gasteiger partial charge in [-0.15, -0.1) is 0 Å². The SMILES string of the molecule is C[C@H](Sc1nc2cc(C(F)(F)F)ccc2n1Cc1ccccc1)C(=O)NC1CC1. The summed E-state index contributed by atoms with van der Waals surface area (Å²) in [5.74, 6) is -0.0770. The third kappa shape index (κ3) is 4.58. The standard InChI is InChI=1S/C21H20F3N3OS/c1-13(19(28)25-16-8-9-16)29-20-26-17-11-15(21(22,23)24)7-10-18(17)27(20)12-14-5-3-2-4-6-14/h2-7,10-11,13,16H,8-9,12H2,1H3,(H,25,28)/t13-/m0/s1. The lowest BCUT2D eigenvalue weighted by Gasteiger charge is -2.13. The third-order valence-electron chi connectivity index (χ3n) is 4.80. The molecule has 2 aromatic carbocycles. The summed E-state index contributed by atoms with van der Waals surface area (Å²) in [5.41, 5.74) is 1.15. The summed E-state index contributed by atoms with van der Waals surface area (Å²) >= 11 is 1.26. The Hall–Kier alpha value is -2.48. The highest BCUT2D eigenvalue weighted by Gasteiger charge is 2.31. The molecule has 1 heterocycles. The van der Waals surface area contributed by atoms with E-state index >= 15 is 0 Å². The maximum absolute atomic E-state index is 13.1. The van der Waals surface area contributed by atoms with Crippen LogP contribution in [0.4, 0.5) is 13.2 Å². The fraction of sp³-hybridized carbons (Fsp3) is 0.333. The van der Waals surface area contributed by atoms with E-state index in [9.17, 15) is 18.0 Å². The molecule has 4 nitrogen and oxygen atoms in total. The van der Waals surface area contributed by atoms with Gasteiger partial charge in [-0.1, -0.05) is 42.1 Å². The van der Waals surface area contributed by atoms with E-state index in [0.717, 1.165) is 30.5 Å². The van der Waals surface area contributed by atoms with Gasteiger partial charge in [0, 0.05) is 6.04 Å². The summed E-state index contributed by atoms with van der Waals surface area (Å²) < 4.78 is 41.2. The number of carbonyl (C=O) groups is 1. The number of nitrogens with one attached hydrogen (secondary N) is 1. The van der Waals surface area contributed by atoms with E-state index in [1.54, 1.807) is 6.92 Å². The number of imidazole rings is 1. The minimum Gasteiger partial charge on any atom is -0.352 e. The molecular formula is C21H20F3N3OS. The summed E-state index contributed by atoms with van der Waals surface area (Å²) in [7, 11) is 0. The lowest BCUT2D eigenvalue weighted by atomic mass is 10.2. The fourth-order valence-corrected chi connectivity index (χ4v) is 3.98. The van der Waals surface area contributed by atoms with Gasteiger partial charge < -0.3 is 9.88 Å². The summed E-state index contributed by atoms with van der Waals surface area (Å²) in [4.78, 5) is 16.8. The Balaban J connectivity index is 1.69. The van der Waals surface area contributed by atoms with Gasteiger partial charge in [0.2, 0.25) is 5.91 Å². The van der Waals surface area contributed by atoms with Crippen LogP contribution in [0.2, 0.25) is 0 Å². The number of alkyl halides is 3. The van der Waals surface area contributed by atoms with Crippen molar-refractivity contribution >= 4 is 28.7 Å². The number of thioether (sulfide) groups is 1. The first kappa shape index (κ1) is 19.8. The van der Waals surface area contributed by atoms with Crippen molar-refractivity contribution < 1.29 is 18.0 Å². The molecule has 1 fully saturated rings. The van der Waals surface area contributed by atoms with E-state index in [0.29, 0.717) is 17.2 Å². The van der Waals surface area contributed by atoms with Crippen molar-refractivity contribution in [1.82, 2.24) is 14.9 Å². The molecule has 0 spiro atoms. The van der Waals surface area contributed by atoms with Crippen molar-refractivity contribution in [2.75, 3.05) is 0 Å². The predicted molar refractivity (Wildman–Crippen MR) is 107 cm³/mol. The maximum Gasteiger partial charge on any atom is 0.416 e. The molecule has 1 atom stereocenters. The van der Waals surface area contributed by atoms with Crippen molar-refractivity contribution in [3.63, 3.8) is 0 Å². The highest BCUT2D eigenvalue weighted by Crippen LogP contribution is 2.34. The molecule has 1 N–H and O–H groups in total. The van der Waals surface area contributed by atoms with Gasteiger partial charge in [0.15, 0.2) is 5.16 Å². The summed E-state index contributed by atoms with van der Waals surface area (Å²) in [6, 6.07) is 13.5. The molecule has 0 saturated heterocycles. The summed E-state index contributed by atoms with van der Waals surface area (Å²) in [6.07, 6.45) is -2.44. The first-order valence-corrected chi connectivity index (χ1v) is 10.3. The van der Waals surface area contributed by atoms with Gasteiger partial charge in [-0.2, -0.15) is 13.2 Å². The molecule has 0 unspecified atom stereocenters. The Labute approximate surface area is 170 Å². The molecule has 8 heteroatoms. The van der Waals surface area contributed by atoms with E-state index in [-0.39, 0.29) is 17.5 Å². The van der Waals surface area contributed by atoms with E-state index in [1.807, 2.05) is 34.9 Å². The Morgan fingerprint density at radius 1 is 1.24 bits per heavy atom. The van der Waals surface area contributed by atoms with E-state index in [4.69, 9.17) is 0 Å². The molecule has 0 aliphatic heterocycles. The van der Waals surface area contributed by atoms with Gasteiger partial charge in [-0.05, 0) is 43.5 Å². The number of halogens is 3. The number of benzene rings is 2. The monoisotopic (exact) mass is 419 g/mol. The van der Waals surface area contributed by atoms with Gasteiger partial charge in [0.1, 0.15) is 0 Å². The Morgan fingerprint density at radius 3 is 2.62 bits per heavy atom. The number of fused-ring (bicyclic) bond motifs is 1. The Kier molecular flexibility index (Phi) is 5.29. The molecule has 1 amide bonds. The average Bonchev–Trinajstić information content (AvgIpc) is 3.43. The topological polar surface area (TPSA) is 46.9 Å². The second kappa shape index (κ2) is 7.74. The zero-order valence-electron chi connectivity index (χ0n) is 15.7. The lowest BCUT2D eigenvalue weighted by Crippen LogP contribution is -2.32. The first-order valence-electron chi connectivity index (χ1n) is 9.40. The highest BCUT2D eigenvalue weighted by molar-refractivity contribution is 8.00. The van der Waals surface area contributed by atoms with Crippen LogP contribution in [0, 0.1) is 0 Å². The number of carbonyl (C=O) groups excluding carboxylic acids is 1. The molecule has 3 aromatic rings. The van der Waals surface area contributed by atoms with Crippen LogP contribution in [0.5, 0.6) is 0 Å². The second-order valence-corrected chi connectivity index (χ2v) is 8.52. The van der Waals surface area contributed by atoms with Crippen LogP contribution in [-0.4, -0.2) is 26.8 Å². The number of hydrogen-bond acceptors (Lipinski definition) is 3. The fourth-order valence-electron chi connectivity index (χ4n) is 3.05. The number of rotatable bonds is 6. The van der Waals surface area contributed by atoms with Crippen LogP contribution < -0.4 is 5.32 Å². The van der Waals surface area contributed by atoms with Crippen molar-refractivity contribution in [3.05, 3.63) is 59.7 Å². The molecule has 1 aliphatic rings. The minimum absolute atomic E-state index is 0.0770. The van der Waals surface area contributed by atoms with Crippen LogP contribution >= 0.6 is 11.8 Å². The van der Waals surface area contributed by atoms with Gasteiger partial charge in [-0.25, -0.2) is 4.98 Å². The molecule has 1 saturated carbocycles. The van der Waals surface area contributed by atoms with Crippen LogP contribution in [0.25, 0.3) is 11.0 Å². The van der Waals surface area contributed by atoms with Crippen LogP contribution in [-0.2, 0) is 17.5 Å². The van der Waals surface area contributed by atoms with E-state index in [1.165, 1.54) is 17.8 Å². The number of amides is 1. The minimum atomic E-state index is -4.43. The predicted octanol–water partition coefficient (Wildman–Crippen LogP) is 4.86. The van der Waals surface area contributed by atoms with Crippen molar-refractivity contribution in [3.8, 4) is 0 Å². The van der Waals surface area contributed by atoms with Crippen LogP contribution in [0.3, 0.4) is 0 Å². The van der Waals surface area contributed by atoms with Crippen molar-refractivity contribution in [2.45, 2.75) is 48.9 Å². The van der Waals surface area contributed by atoms with E-state index in [2.05, 4.69) is 10.3 Å². The molecule has 29 heavy (non-hydrogen) atoms. The number of aromatic nitrogens is 2. The normalized spacial score (nSPS) is 15.4. The zero-order chi connectivity index (χ0) is 20.6. The first-order chi connectivity index (χ1) is 13.8. The Morgan fingerprint density at radius 2 is 1.97 bits per heavy atom. The van der Waals surface area contributed by atoms with Gasteiger partial charge in [-0.3, -0.25) is 4.79 Å². The van der Waals surface area contributed by atoms with Gasteiger partial charge in [0.25, 0.3) is 0 Å². The second-order valence-electron chi connectivity index (χ2n) is 7.21. The summed E-state index contributed by atoms with van der Waals surface area (Å²) in [6.45, 7) is 2.25. The van der Waals surface area contributed by atoms with Crippen molar-refractivity contribution in [1.29, 1.82) is 0 Å². The molecule has 4 rings (SSSR count). The summed E-state index contributed by atoms with van der Waals surface area (Å²) in [5, 5.41) is 3.09. The maximum atomic E-state index is 13.1. The molecule has 0 radical (unpaired) electrons. The number of hydrogen-bond donors (Lipinski definition) is 1. The zero-order valence-corrected chi connectivity index (χ0v) is 16.6. The van der Waals surface area contributed by atoms with E-state index < -0.39 is 17.0 Å². The Bertz CT molecular complexity index is 1030.